The zero-order valence-electron chi connectivity index (χ0n) is 17.5. The van der Waals surface area contributed by atoms with Gasteiger partial charge in [-0.15, -0.1) is 0 Å². The Hall–Kier alpha value is -3.74. The molecule has 4 rings (SSSR count). The van der Waals surface area contributed by atoms with E-state index in [0.29, 0.717) is 13.1 Å². The number of hydrogen-bond donors (Lipinski definition) is 0. The van der Waals surface area contributed by atoms with E-state index in [1.54, 1.807) is 22.8 Å². The molecule has 0 fully saturated rings. The fourth-order valence-electron chi connectivity index (χ4n) is 3.53. The largest absolute Gasteiger partial charge is 0.341 e. The van der Waals surface area contributed by atoms with Gasteiger partial charge in [0.05, 0.1) is 24.1 Å². The summed E-state index contributed by atoms with van der Waals surface area (Å²) in [7, 11) is 1.74. The van der Waals surface area contributed by atoms with E-state index in [-0.39, 0.29) is 24.7 Å². The number of para-hydroxylation sites is 1. The fourth-order valence-corrected chi connectivity index (χ4v) is 3.53. The lowest BCUT2D eigenvalue weighted by Gasteiger charge is -2.17. The number of hydrazone groups is 1. The predicted molar refractivity (Wildman–Crippen MR) is 119 cm³/mol. The fraction of sp³-hybridized carbons (Fsp3) is 0.250. The Morgan fingerprint density at radius 2 is 1.71 bits per heavy atom. The lowest BCUT2D eigenvalue weighted by atomic mass is 10.1. The minimum atomic E-state index is -0.121. The molecule has 31 heavy (non-hydrogen) atoms. The van der Waals surface area contributed by atoms with Crippen molar-refractivity contribution < 1.29 is 9.59 Å². The van der Waals surface area contributed by atoms with Gasteiger partial charge in [-0.3, -0.25) is 9.59 Å². The summed E-state index contributed by atoms with van der Waals surface area (Å²) in [5.74, 6) is -0.197. The Morgan fingerprint density at radius 3 is 2.45 bits per heavy atom. The van der Waals surface area contributed by atoms with Crippen molar-refractivity contribution in [3.8, 4) is 5.69 Å². The first-order chi connectivity index (χ1) is 15.1. The van der Waals surface area contributed by atoms with Gasteiger partial charge in [-0.2, -0.15) is 10.2 Å². The lowest BCUT2D eigenvalue weighted by molar-refractivity contribution is -0.136. The molecule has 3 aromatic rings. The van der Waals surface area contributed by atoms with Crippen molar-refractivity contribution in [2.75, 3.05) is 13.6 Å². The Balaban J connectivity index is 1.27. The number of carbonyl (C=O) groups is 2. The molecule has 7 heteroatoms. The molecule has 0 unspecified atom stereocenters. The van der Waals surface area contributed by atoms with Gasteiger partial charge in [-0.25, -0.2) is 9.69 Å². The maximum Gasteiger partial charge on any atom is 0.243 e. The van der Waals surface area contributed by atoms with Crippen molar-refractivity contribution in [3.05, 3.63) is 84.2 Å². The van der Waals surface area contributed by atoms with E-state index in [0.717, 1.165) is 28.9 Å². The molecular weight excluding hydrogens is 390 g/mol. The number of nitrogens with zero attached hydrogens (tertiary/aromatic N) is 5. The second kappa shape index (κ2) is 9.38. The van der Waals surface area contributed by atoms with E-state index in [1.165, 1.54) is 5.01 Å². The molecular formula is C24H25N5O2. The standard InChI is InChI=1S/C24H25N5O2/c1-27(17-19-16-25-29(18-19)21-10-6-3-7-11-21)23(30)12-13-24(31)28-15-14-22(26-28)20-8-4-2-5-9-20/h2-11,16,18H,12-15,17H2,1H3. The SMILES string of the molecule is CN(Cc1cnn(-c2ccccc2)c1)C(=O)CCC(=O)N1CCC(c2ccccc2)=N1. The first-order valence-electron chi connectivity index (χ1n) is 10.4. The molecule has 0 N–H and O–H groups in total. The average molecular weight is 415 g/mol. The van der Waals surface area contributed by atoms with Crippen LogP contribution in [-0.4, -0.2) is 50.8 Å². The molecule has 2 aromatic carbocycles. The molecule has 158 valence electrons. The highest BCUT2D eigenvalue weighted by Crippen LogP contribution is 2.15. The molecule has 0 radical (unpaired) electrons. The first kappa shape index (κ1) is 20.5. The summed E-state index contributed by atoms with van der Waals surface area (Å²) in [5, 5.41) is 10.3. The number of aromatic nitrogens is 2. The normalized spacial score (nSPS) is 13.2. The van der Waals surface area contributed by atoms with Crippen LogP contribution in [0, 0.1) is 0 Å². The zero-order chi connectivity index (χ0) is 21.6. The van der Waals surface area contributed by atoms with E-state index in [9.17, 15) is 9.59 Å². The highest BCUT2D eigenvalue weighted by molar-refractivity contribution is 6.02. The average Bonchev–Trinajstić information content (AvgIpc) is 3.48. The van der Waals surface area contributed by atoms with E-state index >= 15 is 0 Å². The van der Waals surface area contributed by atoms with Crippen molar-refractivity contribution in [2.45, 2.75) is 25.8 Å². The van der Waals surface area contributed by atoms with Crippen molar-refractivity contribution in [2.24, 2.45) is 5.10 Å². The van der Waals surface area contributed by atoms with Gasteiger partial charge in [0.15, 0.2) is 0 Å². The molecule has 1 aliphatic heterocycles. The lowest BCUT2D eigenvalue weighted by Crippen LogP contribution is -2.29. The minimum absolute atomic E-state index is 0.0766. The van der Waals surface area contributed by atoms with Crippen LogP contribution in [0.4, 0.5) is 0 Å². The van der Waals surface area contributed by atoms with E-state index in [4.69, 9.17) is 0 Å². The third kappa shape index (κ3) is 5.06. The van der Waals surface area contributed by atoms with Gasteiger partial charge < -0.3 is 4.90 Å². The molecule has 7 nitrogen and oxygen atoms in total. The Morgan fingerprint density at radius 1 is 1.00 bits per heavy atom. The van der Waals surface area contributed by atoms with E-state index in [1.807, 2.05) is 66.9 Å². The van der Waals surface area contributed by atoms with Gasteiger partial charge >= 0.3 is 0 Å². The summed E-state index contributed by atoms with van der Waals surface area (Å²) in [5.41, 5.74) is 3.84. The van der Waals surface area contributed by atoms with Gasteiger partial charge in [0, 0.05) is 44.6 Å². The number of amides is 2. The van der Waals surface area contributed by atoms with Crippen LogP contribution in [0.15, 0.2) is 78.2 Å². The maximum atomic E-state index is 12.5. The zero-order valence-corrected chi connectivity index (χ0v) is 17.5. The summed E-state index contributed by atoms with van der Waals surface area (Å²) >= 11 is 0. The quantitative estimate of drug-likeness (QED) is 0.595. The molecule has 0 aliphatic carbocycles. The van der Waals surface area contributed by atoms with Gasteiger partial charge in [0.2, 0.25) is 11.8 Å². The molecule has 2 heterocycles. The van der Waals surface area contributed by atoms with Crippen LogP contribution in [0.2, 0.25) is 0 Å². The molecule has 1 aliphatic rings. The summed E-state index contributed by atoms with van der Waals surface area (Å²) in [6.45, 7) is 1.01. The van der Waals surface area contributed by atoms with Crippen LogP contribution in [0.1, 0.15) is 30.4 Å². The van der Waals surface area contributed by atoms with Crippen LogP contribution in [0.25, 0.3) is 5.69 Å². The van der Waals surface area contributed by atoms with Gasteiger partial charge in [-0.05, 0) is 17.7 Å². The van der Waals surface area contributed by atoms with Gasteiger partial charge in [-0.1, -0.05) is 48.5 Å². The predicted octanol–water partition coefficient (Wildman–Crippen LogP) is 3.25. The van der Waals surface area contributed by atoms with Crippen molar-refractivity contribution >= 4 is 17.5 Å². The van der Waals surface area contributed by atoms with E-state index < -0.39 is 0 Å². The molecule has 0 saturated carbocycles. The third-order valence-electron chi connectivity index (χ3n) is 5.25. The van der Waals surface area contributed by atoms with Crippen molar-refractivity contribution in [3.63, 3.8) is 0 Å². The number of benzene rings is 2. The Bertz CT molecular complexity index is 1080. The maximum absolute atomic E-state index is 12.5. The highest BCUT2D eigenvalue weighted by atomic mass is 16.2. The van der Waals surface area contributed by atoms with Gasteiger partial charge in [0.25, 0.3) is 0 Å². The Kier molecular flexibility index (Phi) is 6.21. The summed E-state index contributed by atoms with van der Waals surface area (Å²) in [4.78, 5) is 26.7. The van der Waals surface area contributed by atoms with Crippen molar-refractivity contribution in [1.29, 1.82) is 0 Å². The van der Waals surface area contributed by atoms with Gasteiger partial charge in [0.1, 0.15) is 0 Å². The van der Waals surface area contributed by atoms with Crippen LogP contribution < -0.4 is 0 Å². The minimum Gasteiger partial charge on any atom is -0.341 e. The molecule has 0 atom stereocenters. The summed E-state index contributed by atoms with van der Waals surface area (Å²) in [6.07, 6.45) is 4.71. The highest BCUT2D eigenvalue weighted by Gasteiger charge is 2.22. The smallest absolute Gasteiger partial charge is 0.243 e. The number of carbonyl (C=O) groups excluding carboxylic acids is 2. The topological polar surface area (TPSA) is 70.8 Å². The van der Waals surface area contributed by atoms with Crippen LogP contribution >= 0.6 is 0 Å². The van der Waals surface area contributed by atoms with Crippen molar-refractivity contribution in [1.82, 2.24) is 19.7 Å². The molecule has 0 bridgehead atoms. The molecule has 1 aromatic heterocycles. The number of rotatable bonds is 7. The number of hydrogen-bond acceptors (Lipinski definition) is 4. The summed E-state index contributed by atoms with van der Waals surface area (Å²) < 4.78 is 1.78. The molecule has 0 saturated heterocycles. The van der Waals surface area contributed by atoms with Crippen LogP contribution in [0.3, 0.4) is 0 Å². The van der Waals surface area contributed by atoms with Crippen LogP contribution in [0.5, 0.6) is 0 Å². The van der Waals surface area contributed by atoms with E-state index in [2.05, 4.69) is 10.2 Å². The summed E-state index contributed by atoms with van der Waals surface area (Å²) in [6, 6.07) is 19.7. The Labute approximate surface area is 181 Å². The first-order valence-corrected chi connectivity index (χ1v) is 10.4. The molecule has 0 spiro atoms. The molecule has 2 amide bonds. The van der Waals surface area contributed by atoms with Crippen LogP contribution in [-0.2, 0) is 16.1 Å². The third-order valence-corrected chi connectivity index (χ3v) is 5.25. The second-order valence-corrected chi connectivity index (χ2v) is 7.56. The second-order valence-electron chi connectivity index (χ2n) is 7.56. The monoisotopic (exact) mass is 415 g/mol.